The van der Waals surface area contributed by atoms with E-state index in [1.54, 1.807) is 0 Å². The summed E-state index contributed by atoms with van der Waals surface area (Å²) in [5, 5.41) is 4.93. The van der Waals surface area contributed by atoms with Crippen LogP contribution >= 0.6 is 23.4 Å². The predicted octanol–water partition coefficient (Wildman–Crippen LogP) is 2.57. The quantitative estimate of drug-likeness (QED) is 0.803. The molecule has 2 heterocycles. The van der Waals surface area contributed by atoms with Crippen molar-refractivity contribution in [2.45, 2.75) is 31.5 Å². The van der Waals surface area contributed by atoms with E-state index >= 15 is 0 Å². The third-order valence-corrected chi connectivity index (χ3v) is 4.12. The lowest BCUT2D eigenvalue weighted by atomic mass is 10.4. The molecule has 0 spiro atoms. The molecule has 0 radical (unpaired) electrons. The summed E-state index contributed by atoms with van der Waals surface area (Å²) in [7, 11) is 1.95. The SMILES string of the molecule is CSC(C)Cn1c(CCl)nc2c(C)nn(C)c21. The Kier molecular flexibility index (Phi) is 3.68. The van der Waals surface area contributed by atoms with Gasteiger partial charge in [-0.2, -0.15) is 16.9 Å². The zero-order chi connectivity index (χ0) is 12.6. The number of hydrogen-bond donors (Lipinski definition) is 0. The maximum atomic E-state index is 5.97. The molecule has 0 amide bonds. The lowest BCUT2D eigenvalue weighted by molar-refractivity contribution is 0.649. The first-order valence-corrected chi connectivity index (χ1v) is 7.38. The van der Waals surface area contributed by atoms with Crippen molar-refractivity contribution in [1.29, 1.82) is 0 Å². The summed E-state index contributed by atoms with van der Waals surface area (Å²) in [5.74, 6) is 1.37. The molecular formula is C11H17ClN4S. The number of fused-ring (bicyclic) bond motifs is 1. The lowest BCUT2D eigenvalue weighted by Gasteiger charge is -2.12. The van der Waals surface area contributed by atoms with Crippen LogP contribution in [0.2, 0.25) is 0 Å². The molecule has 0 aliphatic rings. The largest absolute Gasteiger partial charge is 0.311 e. The first kappa shape index (κ1) is 12.8. The average molecular weight is 273 g/mol. The maximum Gasteiger partial charge on any atom is 0.158 e. The van der Waals surface area contributed by atoms with Gasteiger partial charge in [0.1, 0.15) is 11.3 Å². The summed E-state index contributed by atoms with van der Waals surface area (Å²) < 4.78 is 4.07. The summed E-state index contributed by atoms with van der Waals surface area (Å²) >= 11 is 7.81. The zero-order valence-electron chi connectivity index (χ0n) is 10.6. The number of hydrogen-bond acceptors (Lipinski definition) is 3. The monoisotopic (exact) mass is 272 g/mol. The van der Waals surface area contributed by atoms with Gasteiger partial charge in [0, 0.05) is 18.8 Å². The van der Waals surface area contributed by atoms with Gasteiger partial charge in [-0.15, -0.1) is 11.6 Å². The maximum absolute atomic E-state index is 5.97. The molecule has 0 aliphatic carbocycles. The molecule has 94 valence electrons. The molecule has 2 aromatic heterocycles. The molecule has 17 heavy (non-hydrogen) atoms. The second-order valence-corrected chi connectivity index (χ2v) is 5.74. The van der Waals surface area contributed by atoms with E-state index in [1.807, 2.05) is 30.4 Å². The average Bonchev–Trinajstić information content (AvgIpc) is 2.79. The van der Waals surface area contributed by atoms with Crippen LogP contribution in [0.4, 0.5) is 0 Å². The summed E-state index contributed by atoms with van der Waals surface area (Å²) in [6.45, 7) is 5.10. The minimum absolute atomic E-state index is 0.440. The molecule has 0 saturated heterocycles. The normalized spacial score (nSPS) is 13.5. The molecule has 0 N–H and O–H groups in total. The highest BCUT2D eigenvalue weighted by atomic mass is 35.5. The fourth-order valence-corrected chi connectivity index (χ4v) is 2.51. The van der Waals surface area contributed by atoms with E-state index in [0.29, 0.717) is 11.1 Å². The van der Waals surface area contributed by atoms with Crippen LogP contribution in [0.5, 0.6) is 0 Å². The Morgan fingerprint density at radius 3 is 2.76 bits per heavy atom. The van der Waals surface area contributed by atoms with Crippen LogP contribution in [0.25, 0.3) is 11.2 Å². The molecule has 0 saturated carbocycles. The van der Waals surface area contributed by atoms with Crippen molar-refractivity contribution in [1.82, 2.24) is 19.3 Å². The van der Waals surface area contributed by atoms with Gasteiger partial charge in [-0.25, -0.2) is 4.98 Å². The number of aromatic nitrogens is 4. The number of halogens is 1. The van der Waals surface area contributed by atoms with E-state index in [9.17, 15) is 0 Å². The van der Waals surface area contributed by atoms with Crippen LogP contribution in [0.15, 0.2) is 0 Å². The predicted molar refractivity (Wildman–Crippen MR) is 73.8 cm³/mol. The van der Waals surface area contributed by atoms with Crippen LogP contribution in [0.1, 0.15) is 18.4 Å². The van der Waals surface area contributed by atoms with Gasteiger partial charge in [-0.3, -0.25) is 4.68 Å². The van der Waals surface area contributed by atoms with E-state index in [1.165, 1.54) is 0 Å². The fourth-order valence-electron chi connectivity index (χ4n) is 2.01. The third kappa shape index (κ3) is 2.18. The summed E-state index contributed by atoms with van der Waals surface area (Å²) in [6.07, 6.45) is 2.12. The Labute approximate surface area is 110 Å². The van der Waals surface area contributed by atoms with E-state index in [0.717, 1.165) is 29.2 Å². The van der Waals surface area contributed by atoms with Gasteiger partial charge in [-0.1, -0.05) is 6.92 Å². The van der Waals surface area contributed by atoms with E-state index in [-0.39, 0.29) is 0 Å². The molecular weight excluding hydrogens is 256 g/mol. The highest BCUT2D eigenvalue weighted by Crippen LogP contribution is 2.22. The molecule has 0 fully saturated rings. The third-order valence-electron chi connectivity index (χ3n) is 2.93. The Hall–Kier alpha value is -0.680. The molecule has 0 bridgehead atoms. The van der Waals surface area contributed by atoms with Crippen molar-refractivity contribution in [3.05, 3.63) is 11.5 Å². The first-order valence-electron chi connectivity index (χ1n) is 5.56. The minimum Gasteiger partial charge on any atom is -0.311 e. The van der Waals surface area contributed by atoms with Crippen LogP contribution < -0.4 is 0 Å². The summed E-state index contributed by atoms with van der Waals surface area (Å²) in [4.78, 5) is 4.58. The highest BCUT2D eigenvalue weighted by Gasteiger charge is 2.17. The molecule has 4 nitrogen and oxygen atoms in total. The molecule has 0 aliphatic heterocycles. The van der Waals surface area contributed by atoms with E-state index in [4.69, 9.17) is 11.6 Å². The smallest absolute Gasteiger partial charge is 0.158 e. The number of alkyl halides is 1. The number of nitrogens with zero attached hydrogens (tertiary/aromatic N) is 4. The number of aryl methyl sites for hydroxylation is 2. The van der Waals surface area contributed by atoms with Gasteiger partial charge in [0.25, 0.3) is 0 Å². The van der Waals surface area contributed by atoms with Gasteiger partial charge < -0.3 is 4.57 Å². The van der Waals surface area contributed by atoms with E-state index < -0.39 is 0 Å². The molecule has 1 unspecified atom stereocenters. The van der Waals surface area contributed by atoms with Crippen molar-refractivity contribution >= 4 is 34.5 Å². The minimum atomic E-state index is 0.440. The standard InChI is InChI=1S/C11H17ClN4S/c1-7(17-4)6-16-9(5-12)13-10-8(2)14-15(3)11(10)16/h7H,5-6H2,1-4H3. The van der Waals surface area contributed by atoms with Crippen LogP contribution in [-0.4, -0.2) is 30.8 Å². The summed E-state index contributed by atoms with van der Waals surface area (Å²) in [6, 6.07) is 0. The topological polar surface area (TPSA) is 35.6 Å². The van der Waals surface area contributed by atoms with Crippen molar-refractivity contribution in [2.75, 3.05) is 6.26 Å². The Bertz CT molecular complexity index is 531. The van der Waals surface area contributed by atoms with E-state index in [2.05, 4.69) is 27.8 Å². The van der Waals surface area contributed by atoms with Gasteiger partial charge in [0.2, 0.25) is 0 Å². The van der Waals surface area contributed by atoms with Gasteiger partial charge in [-0.05, 0) is 13.2 Å². The van der Waals surface area contributed by atoms with Crippen molar-refractivity contribution in [2.24, 2.45) is 7.05 Å². The van der Waals surface area contributed by atoms with Gasteiger partial charge in [0.05, 0.1) is 11.6 Å². The summed E-state index contributed by atoms with van der Waals surface area (Å²) in [5.41, 5.74) is 3.00. The van der Waals surface area contributed by atoms with Crippen LogP contribution in [0.3, 0.4) is 0 Å². The molecule has 1 atom stereocenters. The highest BCUT2D eigenvalue weighted by molar-refractivity contribution is 7.99. The van der Waals surface area contributed by atoms with Crippen molar-refractivity contribution in [3.8, 4) is 0 Å². The second-order valence-electron chi connectivity index (χ2n) is 4.20. The Morgan fingerprint density at radius 2 is 2.18 bits per heavy atom. The second kappa shape index (κ2) is 4.90. The van der Waals surface area contributed by atoms with Gasteiger partial charge >= 0.3 is 0 Å². The van der Waals surface area contributed by atoms with Gasteiger partial charge in [0.15, 0.2) is 5.65 Å². The molecule has 6 heteroatoms. The van der Waals surface area contributed by atoms with Crippen LogP contribution in [-0.2, 0) is 19.5 Å². The molecule has 2 rings (SSSR count). The first-order chi connectivity index (χ1) is 8.08. The number of imidazole rings is 1. The Morgan fingerprint density at radius 1 is 1.47 bits per heavy atom. The fraction of sp³-hybridized carbons (Fsp3) is 0.636. The zero-order valence-corrected chi connectivity index (χ0v) is 12.1. The van der Waals surface area contributed by atoms with Crippen molar-refractivity contribution in [3.63, 3.8) is 0 Å². The Balaban J connectivity index is 2.57. The van der Waals surface area contributed by atoms with Crippen molar-refractivity contribution < 1.29 is 0 Å². The molecule has 0 aromatic carbocycles. The molecule has 2 aromatic rings. The van der Waals surface area contributed by atoms with Crippen LogP contribution in [0, 0.1) is 6.92 Å². The number of rotatable bonds is 4. The lowest BCUT2D eigenvalue weighted by Crippen LogP contribution is -2.13. The number of thioether (sulfide) groups is 1.